The van der Waals surface area contributed by atoms with Crippen molar-refractivity contribution >= 4 is 17.9 Å². The zero-order chi connectivity index (χ0) is 26.3. The molecule has 2 aromatic rings. The van der Waals surface area contributed by atoms with Crippen LogP contribution >= 0.6 is 0 Å². The second-order valence-corrected chi connectivity index (χ2v) is 9.20. The zero-order valence-corrected chi connectivity index (χ0v) is 21.7. The number of rotatable bonds is 14. The first-order chi connectivity index (χ1) is 17.3. The number of benzene rings is 2. The summed E-state index contributed by atoms with van der Waals surface area (Å²) in [5, 5.41) is 6.61. The van der Waals surface area contributed by atoms with Gasteiger partial charge in [-0.05, 0) is 42.7 Å². The van der Waals surface area contributed by atoms with E-state index in [1.165, 1.54) is 19.7 Å². The minimum atomic E-state index is -0.833. The van der Waals surface area contributed by atoms with E-state index >= 15 is 0 Å². The Labute approximate surface area is 214 Å². The van der Waals surface area contributed by atoms with E-state index in [0.717, 1.165) is 29.9 Å². The molecular formula is C28H39N3O5. The summed E-state index contributed by atoms with van der Waals surface area (Å²) < 4.78 is 5.29. The highest BCUT2D eigenvalue weighted by molar-refractivity contribution is 5.90. The molecule has 8 nitrogen and oxygen atoms in total. The third-order valence-electron chi connectivity index (χ3n) is 5.78. The van der Waals surface area contributed by atoms with Gasteiger partial charge in [0, 0.05) is 7.05 Å². The Bertz CT molecular complexity index is 937. The van der Waals surface area contributed by atoms with Gasteiger partial charge in [0.1, 0.15) is 18.7 Å². The number of nitrogens with zero attached hydrogens (tertiary/aromatic N) is 1. The smallest absolute Gasteiger partial charge is 0.408 e. The number of carbonyl (C=O) groups is 3. The van der Waals surface area contributed by atoms with E-state index < -0.39 is 24.1 Å². The fourth-order valence-corrected chi connectivity index (χ4v) is 3.77. The van der Waals surface area contributed by atoms with Gasteiger partial charge >= 0.3 is 6.09 Å². The molecule has 2 atom stereocenters. The van der Waals surface area contributed by atoms with Gasteiger partial charge < -0.3 is 15.4 Å². The molecule has 0 bridgehead atoms. The summed E-state index contributed by atoms with van der Waals surface area (Å²) in [7, 11) is 2.91. The number of ether oxygens (including phenoxy) is 1. The van der Waals surface area contributed by atoms with Crippen molar-refractivity contribution in [2.24, 2.45) is 5.92 Å². The summed E-state index contributed by atoms with van der Waals surface area (Å²) in [5.74, 6) is -0.636. The molecule has 3 amide bonds. The third-order valence-corrected chi connectivity index (χ3v) is 5.78. The van der Waals surface area contributed by atoms with Crippen molar-refractivity contribution in [2.75, 3.05) is 14.2 Å². The maximum Gasteiger partial charge on any atom is 0.408 e. The minimum Gasteiger partial charge on any atom is -0.445 e. The summed E-state index contributed by atoms with van der Waals surface area (Å²) in [6, 6.07) is 17.8. The van der Waals surface area contributed by atoms with E-state index in [0.29, 0.717) is 12.8 Å². The molecule has 2 rings (SSSR count). The first kappa shape index (κ1) is 28.8. The minimum absolute atomic E-state index is 0.101. The number of hydrogen-bond donors (Lipinski definition) is 2. The normalized spacial score (nSPS) is 12.5. The highest BCUT2D eigenvalue weighted by Gasteiger charge is 2.29. The first-order valence-electron chi connectivity index (χ1n) is 12.4. The molecule has 36 heavy (non-hydrogen) atoms. The number of likely N-dealkylation sites (N-methyl/N-ethyl adjacent to an activating group) is 1. The lowest BCUT2D eigenvalue weighted by atomic mass is 10.0. The molecule has 0 aromatic heterocycles. The van der Waals surface area contributed by atoms with Gasteiger partial charge in [-0.15, -0.1) is 0 Å². The fraction of sp³-hybridized carbons (Fsp3) is 0.464. The summed E-state index contributed by atoms with van der Waals surface area (Å²) in [6.07, 6.45) is 2.68. The highest BCUT2D eigenvalue weighted by atomic mass is 16.7. The molecular weight excluding hydrogens is 458 g/mol. The van der Waals surface area contributed by atoms with Crippen LogP contribution in [0.3, 0.4) is 0 Å². The summed E-state index contributed by atoms with van der Waals surface area (Å²) >= 11 is 0. The van der Waals surface area contributed by atoms with Gasteiger partial charge in [-0.25, -0.2) is 9.86 Å². The number of hydrogen-bond acceptors (Lipinski definition) is 5. The SMILES string of the molecule is CON(C)C(=O)C(CCCCc1ccccc1)NC(=O)C(CC(C)C)NC(=O)OCc1ccccc1. The van der Waals surface area contributed by atoms with Crippen LogP contribution in [0.25, 0.3) is 0 Å². The van der Waals surface area contributed by atoms with Crippen molar-refractivity contribution in [3.63, 3.8) is 0 Å². The average Bonchev–Trinajstić information content (AvgIpc) is 2.88. The van der Waals surface area contributed by atoms with Crippen LogP contribution in [0, 0.1) is 5.92 Å². The Kier molecular flexibility index (Phi) is 12.5. The maximum absolute atomic E-state index is 13.2. The molecule has 0 heterocycles. The van der Waals surface area contributed by atoms with Crippen LogP contribution in [0.4, 0.5) is 4.79 Å². The Morgan fingerprint density at radius 3 is 2.06 bits per heavy atom. The van der Waals surface area contributed by atoms with Crippen LogP contribution in [0.2, 0.25) is 0 Å². The van der Waals surface area contributed by atoms with E-state index in [4.69, 9.17) is 9.57 Å². The van der Waals surface area contributed by atoms with Crippen LogP contribution in [0.5, 0.6) is 0 Å². The summed E-state index contributed by atoms with van der Waals surface area (Å²) in [5.41, 5.74) is 2.08. The van der Waals surface area contributed by atoms with Crippen LogP contribution in [-0.2, 0) is 32.2 Å². The molecule has 2 aromatic carbocycles. The lowest BCUT2D eigenvalue weighted by Gasteiger charge is -2.26. The Morgan fingerprint density at radius 2 is 1.47 bits per heavy atom. The highest BCUT2D eigenvalue weighted by Crippen LogP contribution is 2.12. The molecule has 2 N–H and O–H groups in total. The molecule has 0 spiro atoms. The quantitative estimate of drug-likeness (QED) is 0.301. The van der Waals surface area contributed by atoms with E-state index in [9.17, 15) is 14.4 Å². The van der Waals surface area contributed by atoms with Gasteiger partial charge in [0.25, 0.3) is 5.91 Å². The van der Waals surface area contributed by atoms with Crippen LogP contribution in [0.1, 0.15) is 50.7 Å². The van der Waals surface area contributed by atoms with E-state index in [-0.39, 0.29) is 18.4 Å². The zero-order valence-electron chi connectivity index (χ0n) is 21.7. The number of nitrogens with one attached hydrogen (secondary N) is 2. The number of alkyl carbamates (subject to hydrolysis) is 1. The number of hydroxylamine groups is 2. The fourth-order valence-electron chi connectivity index (χ4n) is 3.77. The van der Waals surface area contributed by atoms with Crippen molar-refractivity contribution in [3.05, 3.63) is 71.8 Å². The molecule has 0 aliphatic carbocycles. The molecule has 0 saturated heterocycles. The first-order valence-corrected chi connectivity index (χ1v) is 12.4. The van der Waals surface area contributed by atoms with E-state index in [1.54, 1.807) is 0 Å². The molecule has 8 heteroatoms. The number of aryl methyl sites for hydroxylation is 1. The van der Waals surface area contributed by atoms with Gasteiger partial charge in [0.15, 0.2) is 0 Å². The van der Waals surface area contributed by atoms with Crippen molar-refractivity contribution in [2.45, 2.75) is 64.6 Å². The molecule has 0 saturated carbocycles. The lowest BCUT2D eigenvalue weighted by Crippen LogP contribution is -2.54. The van der Waals surface area contributed by atoms with Crippen molar-refractivity contribution in [1.29, 1.82) is 0 Å². The largest absolute Gasteiger partial charge is 0.445 e. The Morgan fingerprint density at radius 1 is 0.861 bits per heavy atom. The van der Waals surface area contributed by atoms with Gasteiger partial charge in [-0.1, -0.05) is 80.9 Å². The Hall–Kier alpha value is -3.39. The second kappa shape index (κ2) is 15.6. The number of unbranched alkanes of at least 4 members (excludes halogenated alkanes) is 1. The van der Waals surface area contributed by atoms with Gasteiger partial charge in [0.05, 0.1) is 7.11 Å². The van der Waals surface area contributed by atoms with Crippen molar-refractivity contribution in [1.82, 2.24) is 15.7 Å². The molecule has 0 radical (unpaired) electrons. The predicted molar refractivity (Wildman–Crippen MR) is 139 cm³/mol. The van der Waals surface area contributed by atoms with Gasteiger partial charge in [0.2, 0.25) is 5.91 Å². The third kappa shape index (κ3) is 10.5. The summed E-state index contributed by atoms with van der Waals surface area (Å²) in [6.45, 7) is 4.02. The number of carbonyl (C=O) groups excluding carboxylic acids is 3. The molecule has 196 valence electrons. The van der Waals surface area contributed by atoms with Crippen molar-refractivity contribution < 1.29 is 24.0 Å². The molecule has 0 fully saturated rings. The van der Waals surface area contributed by atoms with E-state index in [1.807, 2.05) is 62.4 Å². The van der Waals surface area contributed by atoms with E-state index in [2.05, 4.69) is 22.8 Å². The molecule has 0 aliphatic rings. The van der Waals surface area contributed by atoms with Crippen LogP contribution in [-0.4, -0.2) is 49.2 Å². The molecule has 0 aliphatic heterocycles. The average molecular weight is 498 g/mol. The monoisotopic (exact) mass is 497 g/mol. The lowest BCUT2D eigenvalue weighted by molar-refractivity contribution is -0.172. The predicted octanol–water partition coefficient (Wildman–Crippen LogP) is 4.25. The van der Waals surface area contributed by atoms with Crippen molar-refractivity contribution in [3.8, 4) is 0 Å². The number of amides is 3. The second-order valence-electron chi connectivity index (χ2n) is 9.20. The van der Waals surface area contributed by atoms with Gasteiger partial charge in [-0.3, -0.25) is 14.4 Å². The molecule has 2 unspecified atom stereocenters. The topological polar surface area (TPSA) is 97.0 Å². The van der Waals surface area contributed by atoms with Crippen LogP contribution < -0.4 is 10.6 Å². The van der Waals surface area contributed by atoms with Gasteiger partial charge in [-0.2, -0.15) is 0 Å². The Balaban J connectivity index is 1.98. The van der Waals surface area contributed by atoms with Crippen LogP contribution in [0.15, 0.2) is 60.7 Å². The maximum atomic E-state index is 13.2. The summed E-state index contributed by atoms with van der Waals surface area (Å²) in [4.78, 5) is 43.5. The standard InChI is InChI=1S/C28H39N3O5/c1-21(2)19-25(30-28(34)36-20-23-16-9-6-10-17-23)26(32)29-24(27(33)31(3)35-4)18-12-11-15-22-13-7-5-8-14-22/h5-10,13-14,16-17,21,24-25H,11-12,15,18-20H2,1-4H3,(H,29,32)(H,30,34).